The monoisotopic (exact) mass is 231 g/mol. The molecule has 0 aromatic heterocycles. The Hall–Kier alpha value is -1.31. The molecule has 0 N–H and O–H groups in total. The molecule has 2 heteroatoms. The molecule has 17 heavy (non-hydrogen) atoms. The first-order valence-corrected chi connectivity index (χ1v) is 6.57. The van der Waals surface area contributed by atoms with Gasteiger partial charge in [-0.1, -0.05) is 25.5 Å². The van der Waals surface area contributed by atoms with E-state index in [-0.39, 0.29) is 5.78 Å². The molecule has 1 heterocycles. The summed E-state index contributed by atoms with van der Waals surface area (Å²) in [5, 5.41) is 0. The van der Waals surface area contributed by atoms with Crippen LogP contribution in [0.2, 0.25) is 0 Å². The first-order chi connectivity index (χ1) is 8.22. The number of hydrogen-bond acceptors (Lipinski definition) is 2. The third-order valence-corrected chi connectivity index (χ3v) is 3.72. The summed E-state index contributed by atoms with van der Waals surface area (Å²) in [6, 6.07) is 7.99. The molecule has 1 aromatic carbocycles. The minimum absolute atomic E-state index is 0.166. The van der Waals surface area contributed by atoms with Crippen LogP contribution in [0.4, 0.5) is 5.69 Å². The Morgan fingerprint density at radius 1 is 1.41 bits per heavy atom. The fraction of sp³-hybridized carbons (Fsp3) is 0.533. The number of ketones is 1. The first-order valence-electron chi connectivity index (χ1n) is 6.57. The average Bonchev–Trinajstić information content (AvgIpc) is 2.39. The summed E-state index contributed by atoms with van der Waals surface area (Å²) < 4.78 is 0. The Bertz CT molecular complexity index is 400. The van der Waals surface area contributed by atoms with E-state index in [2.05, 4.69) is 17.9 Å². The lowest BCUT2D eigenvalue weighted by Gasteiger charge is -2.35. The highest BCUT2D eigenvalue weighted by Gasteiger charge is 2.21. The second-order valence-corrected chi connectivity index (χ2v) is 4.94. The van der Waals surface area contributed by atoms with Crippen molar-refractivity contribution in [3.8, 4) is 0 Å². The third kappa shape index (κ3) is 2.68. The molecule has 1 fully saturated rings. The van der Waals surface area contributed by atoms with Crippen molar-refractivity contribution in [2.24, 2.45) is 5.92 Å². The van der Waals surface area contributed by atoms with E-state index in [0.29, 0.717) is 0 Å². The van der Waals surface area contributed by atoms with Gasteiger partial charge < -0.3 is 4.90 Å². The molecule has 1 unspecified atom stereocenters. The number of para-hydroxylation sites is 1. The lowest BCUT2D eigenvalue weighted by atomic mass is 9.94. The number of rotatable bonds is 3. The number of hydrogen-bond donors (Lipinski definition) is 0. The van der Waals surface area contributed by atoms with Gasteiger partial charge in [0.1, 0.15) is 0 Å². The summed E-state index contributed by atoms with van der Waals surface area (Å²) in [6.45, 7) is 6.09. The maximum absolute atomic E-state index is 11.6. The van der Waals surface area contributed by atoms with E-state index in [1.807, 2.05) is 18.2 Å². The Kier molecular flexibility index (Phi) is 3.82. The van der Waals surface area contributed by atoms with Gasteiger partial charge in [-0.15, -0.1) is 0 Å². The summed E-state index contributed by atoms with van der Waals surface area (Å²) in [7, 11) is 0. The largest absolute Gasteiger partial charge is 0.371 e. The SMILES string of the molecule is CCC1CCCN(c2ccccc2C(C)=O)C1. The molecule has 1 aliphatic heterocycles. The molecule has 1 atom stereocenters. The van der Waals surface area contributed by atoms with Crippen molar-refractivity contribution in [1.82, 2.24) is 0 Å². The fourth-order valence-electron chi connectivity index (χ4n) is 2.66. The van der Waals surface area contributed by atoms with Crippen LogP contribution in [0.1, 0.15) is 43.5 Å². The van der Waals surface area contributed by atoms with Gasteiger partial charge in [0.05, 0.1) is 0 Å². The van der Waals surface area contributed by atoms with E-state index in [9.17, 15) is 4.79 Å². The van der Waals surface area contributed by atoms with Gasteiger partial charge in [0.25, 0.3) is 0 Å². The zero-order valence-corrected chi connectivity index (χ0v) is 10.8. The highest BCUT2D eigenvalue weighted by atomic mass is 16.1. The van der Waals surface area contributed by atoms with Gasteiger partial charge in [0.15, 0.2) is 5.78 Å². The quantitative estimate of drug-likeness (QED) is 0.742. The van der Waals surface area contributed by atoms with Crippen LogP contribution in [0.15, 0.2) is 24.3 Å². The number of nitrogens with zero attached hydrogens (tertiary/aromatic N) is 1. The Morgan fingerprint density at radius 2 is 2.18 bits per heavy atom. The zero-order valence-electron chi connectivity index (χ0n) is 10.8. The zero-order chi connectivity index (χ0) is 12.3. The van der Waals surface area contributed by atoms with Crippen molar-refractivity contribution in [1.29, 1.82) is 0 Å². The van der Waals surface area contributed by atoms with E-state index >= 15 is 0 Å². The van der Waals surface area contributed by atoms with Crippen LogP contribution in [0.25, 0.3) is 0 Å². The van der Waals surface area contributed by atoms with Crippen molar-refractivity contribution in [2.75, 3.05) is 18.0 Å². The predicted molar refractivity (Wildman–Crippen MR) is 71.7 cm³/mol. The molecule has 2 nitrogen and oxygen atoms in total. The Morgan fingerprint density at radius 3 is 2.88 bits per heavy atom. The van der Waals surface area contributed by atoms with Gasteiger partial charge >= 0.3 is 0 Å². The number of anilines is 1. The molecular formula is C15H21NO. The molecule has 0 bridgehead atoms. The normalized spacial score (nSPS) is 20.4. The predicted octanol–water partition coefficient (Wildman–Crippen LogP) is 3.52. The van der Waals surface area contributed by atoms with Crippen LogP contribution < -0.4 is 4.90 Å². The fourth-order valence-corrected chi connectivity index (χ4v) is 2.66. The molecule has 2 rings (SSSR count). The van der Waals surface area contributed by atoms with Crippen LogP contribution in [0.3, 0.4) is 0 Å². The highest BCUT2D eigenvalue weighted by molar-refractivity contribution is 5.99. The van der Waals surface area contributed by atoms with Gasteiger partial charge in [0, 0.05) is 24.3 Å². The summed E-state index contributed by atoms with van der Waals surface area (Å²) in [5.74, 6) is 0.947. The molecule has 0 spiro atoms. The maximum Gasteiger partial charge on any atom is 0.161 e. The van der Waals surface area contributed by atoms with Crippen molar-refractivity contribution < 1.29 is 4.79 Å². The highest BCUT2D eigenvalue weighted by Crippen LogP contribution is 2.27. The van der Waals surface area contributed by atoms with Gasteiger partial charge in [-0.3, -0.25) is 4.79 Å². The number of carbonyl (C=O) groups excluding carboxylic acids is 1. The summed E-state index contributed by atoms with van der Waals surface area (Å²) in [6.07, 6.45) is 3.80. The van der Waals surface area contributed by atoms with Gasteiger partial charge in [-0.05, 0) is 37.8 Å². The summed E-state index contributed by atoms with van der Waals surface area (Å²) in [4.78, 5) is 14.0. The second-order valence-electron chi connectivity index (χ2n) is 4.94. The molecule has 0 radical (unpaired) electrons. The van der Waals surface area contributed by atoms with Crippen molar-refractivity contribution in [3.05, 3.63) is 29.8 Å². The molecule has 92 valence electrons. The third-order valence-electron chi connectivity index (χ3n) is 3.72. The van der Waals surface area contributed by atoms with Crippen LogP contribution in [0, 0.1) is 5.92 Å². The van der Waals surface area contributed by atoms with E-state index in [1.165, 1.54) is 19.3 Å². The molecule has 1 aromatic rings. The molecule has 0 amide bonds. The van der Waals surface area contributed by atoms with Gasteiger partial charge in [0.2, 0.25) is 0 Å². The van der Waals surface area contributed by atoms with E-state index < -0.39 is 0 Å². The van der Waals surface area contributed by atoms with Crippen LogP contribution >= 0.6 is 0 Å². The molecule has 1 saturated heterocycles. The summed E-state index contributed by atoms with van der Waals surface area (Å²) in [5.41, 5.74) is 1.99. The second kappa shape index (κ2) is 5.35. The van der Waals surface area contributed by atoms with Gasteiger partial charge in [-0.2, -0.15) is 0 Å². The van der Waals surface area contributed by atoms with Crippen molar-refractivity contribution in [3.63, 3.8) is 0 Å². The number of carbonyl (C=O) groups is 1. The van der Waals surface area contributed by atoms with Crippen molar-refractivity contribution in [2.45, 2.75) is 33.1 Å². The van der Waals surface area contributed by atoms with Crippen LogP contribution in [0.5, 0.6) is 0 Å². The smallest absolute Gasteiger partial charge is 0.161 e. The van der Waals surface area contributed by atoms with E-state index in [0.717, 1.165) is 30.3 Å². The lowest BCUT2D eigenvalue weighted by Crippen LogP contribution is -2.35. The average molecular weight is 231 g/mol. The Balaban J connectivity index is 2.24. The minimum atomic E-state index is 0.166. The van der Waals surface area contributed by atoms with Crippen LogP contribution in [-0.4, -0.2) is 18.9 Å². The molecule has 1 aliphatic rings. The Labute approximate surface area is 104 Å². The number of piperidine rings is 1. The minimum Gasteiger partial charge on any atom is -0.371 e. The number of Topliss-reactive ketones (excluding diaryl/α,β-unsaturated/α-hetero) is 1. The topological polar surface area (TPSA) is 20.3 Å². The molecule has 0 aliphatic carbocycles. The maximum atomic E-state index is 11.6. The van der Waals surface area contributed by atoms with Gasteiger partial charge in [-0.25, -0.2) is 0 Å². The standard InChI is InChI=1S/C15H21NO/c1-3-13-7-6-10-16(11-13)15-9-5-4-8-14(15)12(2)17/h4-5,8-9,13H,3,6-7,10-11H2,1-2H3. The van der Waals surface area contributed by atoms with E-state index in [4.69, 9.17) is 0 Å². The first kappa shape index (κ1) is 12.2. The van der Waals surface area contributed by atoms with Crippen LogP contribution in [-0.2, 0) is 0 Å². The summed E-state index contributed by atoms with van der Waals surface area (Å²) >= 11 is 0. The van der Waals surface area contributed by atoms with E-state index in [1.54, 1.807) is 6.92 Å². The molecule has 0 saturated carbocycles. The lowest BCUT2D eigenvalue weighted by molar-refractivity contribution is 0.101. The van der Waals surface area contributed by atoms with Crippen molar-refractivity contribution >= 4 is 11.5 Å². The molecular weight excluding hydrogens is 210 g/mol. The number of benzene rings is 1.